The lowest BCUT2D eigenvalue weighted by Gasteiger charge is -2.05. The molecule has 0 fully saturated rings. The van der Waals surface area contributed by atoms with Gasteiger partial charge in [0.1, 0.15) is 33.8 Å². The van der Waals surface area contributed by atoms with Crippen molar-refractivity contribution in [2.75, 3.05) is 17.6 Å². The van der Waals surface area contributed by atoms with Crippen molar-refractivity contribution in [3.63, 3.8) is 0 Å². The SMILES string of the molecule is CCNc1cc(Cl)nc(C#N)c1[N+](=O)[O-].N#Cc1nc(Cl)cc(N)c1[N+](=O)[O-]. The third-order valence-electron chi connectivity index (χ3n) is 2.90. The molecule has 2 rings (SSSR count). The molecule has 2 aromatic rings. The van der Waals surface area contributed by atoms with Crippen LogP contribution < -0.4 is 11.1 Å². The molecule has 28 heavy (non-hydrogen) atoms. The van der Waals surface area contributed by atoms with E-state index in [-0.39, 0.29) is 38.8 Å². The molecule has 144 valence electrons. The van der Waals surface area contributed by atoms with Crippen LogP contribution in [0.15, 0.2) is 12.1 Å². The number of halogens is 2. The van der Waals surface area contributed by atoms with Crippen LogP contribution in [0.3, 0.4) is 0 Å². The molecule has 12 nitrogen and oxygen atoms in total. The van der Waals surface area contributed by atoms with Crippen LogP contribution in [0.5, 0.6) is 0 Å². The van der Waals surface area contributed by atoms with Crippen molar-refractivity contribution in [1.82, 2.24) is 9.97 Å². The summed E-state index contributed by atoms with van der Waals surface area (Å²) in [6.07, 6.45) is 0. The maximum atomic E-state index is 10.7. The lowest BCUT2D eigenvalue weighted by molar-refractivity contribution is -0.384. The number of aromatic nitrogens is 2. The number of nitrogens with zero attached hydrogens (tertiary/aromatic N) is 6. The fourth-order valence-corrected chi connectivity index (χ4v) is 2.29. The number of nitrogens with two attached hydrogens (primary N) is 1. The fourth-order valence-electron chi connectivity index (χ4n) is 1.89. The van der Waals surface area contributed by atoms with Gasteiger partial charge >= 0.3 is 11.4 Å². The minimum atomic E-state index is -0.767. The van der Waals surface area contributed by atoms with Gasteiger partial charge in [-0.05, 0) is 6.92 Å². The number of nitrogens with one attached hydrogen (secondary N) is 1. The molecule has 0 aliphatic rings. The fraction of sp³-hybridized carbons (Fsp3) is 0.143. The second-order valence-corrected chi connectivity index (χ2v) is 5.46. The Hall–Kier alpha value is -3.74. The van der Waals surface area contributed by atoms with Gasteiger partial charge in [0.2, 0.25) is 11.4 Å². The zero-order valence-electron chi connectivity index (χ0n) is 14.0. The Morgan fingerprint density at radius 2 is 1.54 bits per heavy atom. The first kappa shape index (κ1) is 22.3. The predicted octanol–water partition coefficient (Wildman–Crippen LogP) is 3.04. The number of hydrogen-bond donors (Lipinski definition) is 2. The third-order valence-corrected chi connectivity index (χ3v) is 3.28. The number of pyridine rings is 2. The molecule has 0 radical (unpaired) electrons. The molecule has 14 heteroatoms. The molecule has 0 unspecified atom stereocenters. The molecular weight excluding hydrogens is 415 g/mol. The number of nitro groups is 2. The van der Waals surface area contributed by atoms with Crippen molar-refractivity contribution in [2.45, 2.75) is 6.92 Å². The van der Waals surface area contributed by atoms with E-state index in [2.05, 4.69) is 15.3 Å². The van der Waals surface area contributed by atoms with Crippen molar-refractivity contribution >= 4 is 46.0 Å². The molecule has 0 aliphatic heterocycles. The Bertz CT molecular complexity index is 1020. The number of anilines is 2. The molecule has 0 aromatic carbocycles. The number of rotatable bonds is 4. The summed E-state index contributed by atoms with van der Waals surface area (Å²) in [5.41, 5.74) is 3.80. The van der Waals surface area contributed by atoms with Gasteiger partial charge in [-0.2, -0.15) is 10.5 Å². The van der Waals surface area contributed by atoms with Crippen molar-refractivity contribution in [3.8, 4) is 12.1 Å². The summed E-state index contributed by atoms with van der Waals surface area (Å²) in [5, 5.41) is 41.1. The van der Waals surface area contributed by atoms with E-state index in [1.54, 1.807) is 19.1 Å². The van der Waals surface area contributed by atoms with Crippen LogP contribution in [0.4, 0.5) is 22.7 Å². The molecular formula is C14H10Cl2N8O4. The van der Waals surface area contributed by atoms with Gasteiger partial charge in [-0.15, -0.1) is 0 Å². The zero-order valence-corrected chi connectivity index (χ0v) is 15.5. The van der Waals surface area contributed by atoms with Crippen molar-refractivity contribution in [2.24, 2.45) is 0 Å². The van der Waals surface area contributed by atoms with Crippen LogP contribution in [0.1, 0.15) is 18.3 Å². The maximum Gasteiger partial charge on any atom is 0.328 e. The normalized spacial score (nSPS) is 9.32. The zero-order chi connectivity index (χ0) is 21.4. The van der Waals surface area contributed by atoms with Crippen LogP contribution in [-0.4, -0.2) is 26.4 Å². The lowest BCUT2D eigenvalue weighted by Crippen LogP contribution is -2.04. The van der Waals surface area contributed by atoms with E-state index in [1.807, 2.05) is 0 Å². The summed E-state index contributed by atoms with van der Waals surface area (Å²) in [6.45, 7) is 2.27. The molecule has 0 saturated heterocycles. The van der Waals surface area contributed by atoms with E-state index < -0.39 is 15.5 Å². The molecule has 2 heterocycles. The summed E-state index contributed by atoms with van der Waals surface area (Å²) in [6, 6.07) is 5.63. The Morgan fingerprint density at radius 1 is 1.07 bits per heavy atom. The monoisotopic (exact) mass is 424 g/mol. The Kier molecular flexibility index (Phi) is 7.82. The minimum Gasteiger partial charge on any atom is -0.393 e. The highest BCUT2D eigenvalue weighted by molar-refractivity contribution is 6.30. The van der Waals surface area contributed by atoms with E-state index in [9.17, 15) is 20.2 Å². The van der Waals surface area contributed by atoms with Gasteiger partial charge < -0.3 is 11.1 Å². The molecule has 0 spiro atoms. The Labute approximate surface area is 167 Å². The highest BCUT2D eigenvalue weighted by Crippen LogP contribution is 2.29. The second kappa shape index (κ2) is 9.82. The van der Waals surface area contributed by atoms with E-state index >= 15 is 0 Å². The first-order chi connectivity index (χ1) is 13.2. The topological polar surface area (TPSA) is 198 Å². The van der Waals surface area contributed by atoms with Gasteiger partial charge in [0.25, 0.3) is 0 Å². The van der Waals surface area contributed by atoms with E-state index in [0.29, 0.717) is 6.54 Å². The van der Waals surface area contributed by atoms with Gasteiger partial charge in [-0.1, -0.05) is 23.2 Å². The minimum absolute atomic E-state index is 0.0420. The largest absolute Gasteiger partial charge is 0.393 e. The average molecular weight is 425 g/mol. The van der Waals surface area contributed by atoms with Gasteiger partial charge in [0.05, 0.1) is 9.85 Å². The highest BCUT2D eigenvalue weighted by Gasteiger charge is 2.22. The summed E-state index contributed by atoms with van der Waals surface area (Å²) in [5.74, 6) is 0. The molecule has 0 aliphatic carbocycles. The average Bonchev–Trinajstić information content (AvgIpc) is 2.60. The van der Waals surface area contributed by atoms with Crippen molar-refractivity contribution < 1.29 is 9.85 Å². The molecule has 0 atom stereocenters. The smallest absolute Gasteiger partial charge is 0.328 e. The molecule has 0 saturated carbocycles. The lowest BCUT2D eigenvalue weighted by atomic mass is 10.2. The molecule has 0 amide bonds. The van der Waals surface area contributed by atoms with Gasteiger partial charge in [-0.3, -0.25) is 20.2 Å². The maximum absolute atomic E-state index is 10.7. The number of nitrogen functional groups attached to an aromatic ring is 1. The third kappa shape index (κ3) is 5.38. The summed E-state index contributed by atoms with van der Waals surface area (Å²) < 4.78 is 0. The van der Waals surface area contributed by atoms with Crippen LogP contribution >= 0.6 is 23.2 Å². The highest BCUT2D eigenvalue weighted by atomic mass is 35.5. The first-order valence-corrected chi connectivity index (χ1v) is 7.91. The van der Waals surface area contributed by atoms with E-state index in [4.69, 9.17) is 39.5 Å². The van der Waals surface area contributed by atoms with Crippen LogP contribution in [0.2, 0.25) is 10.3 Å². The van der Waals surface area contributed by atoms with E-state index in [0.717, 1.165) is 6.07 Å². The van der Waals surface area contributed by atoms with Gasteiger partial charge in [0, 0.05) is 18.7 Å². The Balaban J connectivity index is 0.000000283. The summed E-state index contributed by atoms with van der Waals surface area (Å²) in [4.78, 5) is 26.7. The summed E-state index contributed by atoms with van der Waals surface area (Å²) in [7, 11) is 0. The van der Waals surface area contributed by atoms with Crippen LogP contribution in [0.25, 0.3) is 0 Å². The number of hydrogen-bond acceptors (Lipinski definition) is 10. The molecule has 0 bridgehead atoms. The van der Waals surface area contributed by atoms with Crippen LogP contribution in [0, 0.1) is 42.9 Å². The quantitative estimate of drug-likeness (QED) is 0.417. The van der Waals surface area contributed by atoms with E-state index in [1.165, 1.54) is 6.07 Å². The summed E-state index contributed by atoms with van der Waals surface area (Å²) >= 11 is 11.1. The van der Waals surface area contributed by atoms with Crippen molar-refractivity contribution in [1.29, 1.82) is 10.5 Å². The number of nitriles is 2. The van der Waals surface area contributed by atoms with Crippen molar-refractivity contribution in [3.05, 3.63) is 54.1 Å². The van der Waals surface area contributed by atoms with Crippen LogP contribution in [-0.2, 0) is 0 Å². The Morgan fingerprint density at radius 3 is 1.96 bits per heavy atom. The van der Waals surface area contributed by atoms with Gasteiger partial charge in [-0.25, -0.2) is 9.97 Å². The predicted molar refractivity (Wildman–Crippen MR) is 99.8 cm³/mol. The first-order valence-electron chi connectivity index (χ1n) is 7.15. The molecule has 3 N–H and O–H groups in total. The standard InChI is InChI=1S/C8H7ClN4O2.C6H3ClN4O2/c1-2-11-5-3-7(9)12-6(4-10)8(5)13(14)15;7-5-1-3(9)6(11(12)13)4(2-8)10-5/h3H,2H2,1H3,(H,11,12);1H,(H2,9,10). The van der Waals surface area contributed by atoms with Gasteiger partial charge in [0.15, 0.2) is 0 Å². The molecule has 2 aromatic heterocycles. The second-order valence-electron chi connectivity index (χ2n) is 4.69.